The third kappa shape index (κ3) is 41.7. The molecule has 53 heavy (non-hydrogen) atoms. The maximum Gasteiger partial charge on any atom is 0.472 e. The highest BCUT2D eigenvalue weighted by molar-refractivity contribution is 7.47. The van der Waals surface area contributed by atoms with Gasteiger partial charge in [-0.15, -0.1) is 0 Å². The smallest absolute Gasteiger partial charge is 0.457 e. The van der Waals surface area contributed by atoms with Crippen LogP contribution in [0.1, 0.15) is 181 Å². The normalized spacial score (nSPS) is 14.2. The predicted octanol–water partition coefficient (Wildman–Crippen LogP) is 12.6. The number of unbranched alkanes of at least 4 members (excludes halogenated alkanes) is 20. The Balaban J connectivity index is 4.29. The zero-order valence-electron chi connectivity index (χ0n) is 35.3. The number of hydrogen-bond acceptors (Lipinski definition) is 6. The molecule has 0 spiro atoms. The average molecular weight is 771 g/mol. The summed E-state index contributed by atoms with van der Waals surface area (Å²) in [5, 5.41) is 0. The molecule has 0 saturated carbocycles. The van der Waals surface area contributed by atoms with Gasteiger partial charge < -0.3 is 18.9 Å². The molecule has 1 N–H and O–H groups in total. The van der Waals surface area contributed by atoms with Gasteiger partial charge in [0.15, 0.2) is 0 Å². The van der Waals surface area contributed by atoms with Gasteiger partial charge in [-0.1, -0.05) is 159 Å². The lowest BCUT2D eigenvalue weighted by molar-refractivity contribution is -0.870. The summed E-state index contributed by atoms with van der Waals surface area (Å²) in [4.78, 5) is 22.9. The Kier molecular flexibility index (Phi) is 36.7. The lowest BCUT2D eigenvalue weighted by Gasteiger charge is -2.24. The number of likely N-dealkylation sites (N-methyl/N-ethyl adjacent to an activating group) is 1. The highest BCUT2D eigenvalue weighted by Gasteiger charge is 2.26. The van der Waals surface area contributed by atoms with Crippen LogP contribution in [0.5, 0.6) is 0 Å². The van der Waals surface area contributed by atoms with E-state index in [2.05, 4.69) is 50.3 Å². The highest BCUT2D eigenvalue weighted by Crippen LogP contribution is 2.43. The van der Waals surface area contributed by atoms with Gasteiger partial charge in [-0.25, -0.2) is 4.57 Å². The molecule has 0 fully saturated rings. The highest BCUT2D eigenvalue weighted by atomic mass is 31.2. The van der Waals surface area contributed by atoms with Crippen LogP contribution in [0, 0.1) is 0 Å². The summed E-state index contributed by atoms with van der Waals surface area (Å²) in [5.41, 5.74) is 0. The molecule has 312 valence electrons. The fourth-order valence-corrected chi connectivity index (χ4v) is 6.54. The topological polar surface area (TPSA) is 91.3 Å². The molecule has 2 unspecified atom stereocenters. The number of esters is 1. The summed E-state index contributed by atoms with van der Waals surface area (Å²) in [5.74, 6) is -0.333. The molecule has 9 heteroatoms. The number of phosphoric ester groups is 1. The quantitative estimate of drug-likeness (QED) is 0.0218. The molecule has 0 bridgehead atoms. The molecular weight excluding hydrogens is 685 g/mol. The zero-order valence-corrected chi connectivity index (χ0v) is 36.1. The van der Waals surface area contributed by atoms with Gasteiger partial charge in [0.2, 0.25) is 0 Å². The second-order valence-corrected chi connectivity index (χ2v) is 17.2. The lowest BCUT2D eigenvalue weighted by Crippen LogP contribution is -2.37. The summed E-state index contributed by atoms with van der Waals surface area (Å²) in [6.45, 7) is 5.58. The Hall–Kier alpha value is -1.28. The molecule has 8 nitrogen and oxygen atoms in total. The minimum Gasteiger partial charge on any atom is -0.457 e. The van der Waals surface area contributed by atoms with Crippen molar-refractivity contribution in [2.75, 3.05) is 54.1 Å². The summed E-state index contributed by atoms with van der Waals surface area (Å²) in [7, 11) is 1.65. The number of quaternary nitrogens is 1. The Morgan fingerprint density at radius 3 is 1.58 bits per heavy atom. The van der Waals surface area contributed by atoms with Gasteiger partial charge >= 0.3 is 13.8 Å². The van der Waals surface area contributed by atoms with E-state index < -0.39 is 13.9 Å². The monoisotopic (exact) mass is 771 g/mol. The maximum absolute atomic E-state index is 12.7. The molecule has 0 radical (unpaired) electrons. The van der Waals surface area contributed by atoms with Crippen molar-refractivity contribution in [3.05, 3.63) is 36.5 Å². The van der Waals surface area contributed by atoms with E-state index in [9.17, 15) is 14.3 Å². The Morgan fingerprint density at radius 2 is 1.04 bits per heavy atom. The number of carbonyl (C=O) groups excluding carboxylic acids is 1. The van der Waals surface area contributed by atoms with Crippen molar-refractivity contribution in [3.63, 3.8) is 0 Å². The van der Waals surface area contributed by atoms with Gasteiger partial charge in [-0.3, -0.25) is 13.8 Å². The van der Waals surface area contributed by atoms with Crippen LogP contribution >= 0.6 is 7.82 Å². The second kappa shape index (κ2) is 37.6. The van der Waals surface area contributed by atoms with Gasteiger partial charge in [0.25, 0.3) is 0 Å². The van der Waals surface area contributed by atoms with Crippen LogP contribution < -0.4 is 0 Å². The number of hydrogen-bond donors (Lipinski definition) is 1. The Labute approximate surface area is 327 Å². The summed E-state index contributed by atoms with van der Waals surface area (Å²) in [6.07, 6.45) is 43.1. The molecule has 0 amide bonds. The van der Waals surface area contributed by atoms with Crippen molar-refractivity contribution in [1.29, 1.82) is 0 Å². The Bertz CT molecular complexity index is 947. The minimum atomic E-state index is -4.28. The van der Waals surface area contributed by atoms with Crippen LogP contribution in [0.2, 0.25) is 0 Å². The van der Waals surface area contributed by atoms with E-state index in [0.717, 1.165) is 57.8 Å². The maximum atomic E-state index is 12.7. The second-order valence-electron chi connectivity index (χ2n) is 15.7. The van der Waals surface area contributed by atoms with Gasteiger partial charge in [0, 0.05) is 13.0 Å². The first-order valence-corrected chi connectivity index (χ1v) is 23.2. The molecule has 0 aromatic rings. The number of nitrogens with zero attached hydrogens (tertiary/aromatic N) is 1. The van der Waals surface area contributed by atoms with E-state index in [1.54, 1.807) is 0 Å². The molecule has 0 aliphatic rings. The van der Waals surface area contributed by atoms with Gasteiger partial charge in [-0.2, -0.15) is 0 Å². The number of allylic oxidation sites excluding steroid dienone is 6. The van der Waals surface area contributed by atoms with Crippen LogP contribution in [0.25, 0.3) is 0 Å². The summed E-state index contributed by atoms with van der Waals surface area (Å²) < 4.78 is 35.0. The lowest BCUT2D eigenvalue weighted by atomic mass is 10.0. The number of rotatable bonds is 40. The predicted molar refractivity (Wildman–Crippen MR) is 224 cm³/mol. The SMILES string of the molecule is CCCCC/C=C/C/C=C/C/C=C/CCCCCCC(=O)OC(COCCCCCCCCCCCCCCCC)COP(=O)(O)OCC[N+](C)(C)C. The average Bonchev–Trinajstić information content (AvgIpc) is 3.11. The first-order chi connectivity index (χ1) is 25.6. The third-order valence-corrected chi connectivity index (χ3v) is 10.2. The van der Waals surface area contributed by atoms with Crippen LogP contribution in [0.4, 0.5) is 0 Å². The van der Waals surface area contributed by atoms with Crippen molar-refractivity contribution in [3.8, 4) is 0 Å². The van der Waals surface area contributed by atoms with Gasteiger partial charge in [0.1, 0.15) is 19.3 Å². The van der Waals surface area contributed by atoms with E-state index in [1.165, 1.54) is 103 Å². The Morgan fingerprint density at radius 1 is 0.585 bits per heavy atom. The molecule has 0 rings (SSSR count). The minimum absolute atomic E-state index is 0.0846. The summed E-state index contributed by atoms with van der Waals surface area (Å²) in [6, 6.07) is 0. The van der Waals surface area contributed by atoms with E-state index in [0.29, 0.717) is 24.1 Å². The zero-order chi connectivity index (χ0) is 39.1. The van der Waals surface area contributed by atoms with Crippen molar-refractivity contribution in [2.24, 2.45) is 0 Å². The fraction of sp³-hybridized carbons (Fsp3) is 0.841. The van der Waals surface area contributed by atoms with Crippen LogP contribution in [0.15, 0.2) is 36.5 Å². The molecule has 0 saturated heterocycles. The molecule has 0 aliphatic carbocycles. The van der Waals surface area contributed by atoms with E-state index in [4.69, 9.17) is 18.5 Å². The van der Waals surface area contributed by atoms with Crippen molar-refractivity contribution >= 4 is 13.8 Å². The molecule has 0 aliphatic heterocycles. The first kappa shape index (κ1) is 51.7. The molecule has 0 heterocycles. The molecule has 2 atom stereocenters. The molecular formula is C44H85NO7P+. The summed E-state index contributed by atoms with van der Waals surface area (Å²) >= 11 is 0. The van der Waals surface area contributed by atoms with E-state index in [-0.39, 0.29) is 25.8 Å². The van der Waals surface area contributed by atoms with Crippen LogP contribution in [-0.4, -0.2) is 75.6 Å². The fourth-order valence-electron chi connectivity index (χ4n) is 5.79. The number of phosphoric acid groups is 1. The standard InChI is InChI=1S/C44H84NO7P/c1-6-8-10-12-14-16-18-20-22-23-24-25-27-29-31-33-35-37-44(46)52-43(42-51-53(47,48)50-40-38-45(3,4)5)41-49-39-36-34-32-30-28-26-21-19-17-15-13-11-9-7-2/h14,16,20,22,24-25,43H,6-13,15,17-19,21,23,26-42H2,1-5H3/p+1/b16-14+,22-20+,25-24+. The third-order valence-electron chi connectivity index (χ3n) is 9.20. The molecule has 0 aromatic heterocycles. The van der Waals surface area contributed by atoms with Gasteiger partial charge in [-0.05, 0) is 51.4 Å². The number of carbonyl (C=O) groups is 1. The molecule has 0 aromatic carbocycles. The number of ether oxygens (including phenoxy) is 2. The van der Waals surface area contributed by atoms with Gasteiger partial charge in [0.05, 0.1) is 34.4 Å². The van der Waals surface area contributed by atoms with Crippen LogP contribution in [-0.2, 0) is 27.9 Å². The van der Waals surface area contributed by atoms with Crippen LogP contribution in [0.3, 0.4) is 0 Å². The van der Waals surface area contributed by atoms with E-state index >= 15 is 0 Å². The van der Waals surface area contributed by atoms with Crippen molar-refractivity contribution < 1.29 is 37.3 Å². The largest absolute Gasteiger partial charge is 0.472 e. The van der Waals surface area contributed by atoms with Crippen molar-refractivity contribution in [2.45, 2.75) is 187 Å². The van der Waals surface area contributed by atoms with Crippen molar-refractivity contribution in [1.82, 2.24) is 0 Å². The van der Waals surface area contributed by atoms with E-state index in [1.807, 2.05) is 21.1 Å². The first-order valence-electron chi connectivity index (χ1n) is 21.7.